The Morgan fingerprint density at radius 2 is 1.61 bits per heavy atom. The first-order valence-electron chi connectivity index (χ1n) is 13.2. The summed E-state index contributed by atoms with van der Waals surface area (Å²) in [7, 11) is 1.24. The fraction of sp³-hybridized carbons (Fsp3) is 0.655. The van der Waals surface area contributed by atoms with E-state index in [4.69, 9.17) is 4.74 Å². The van der Waals surface area contributed by atoms with Crippen LogP contribution in [-0.4, -0.2) is 59.6 Å². The van der Waals surface area contributed by atoms with E-state index in [1.807, 2.05) is 66.7 Å². The SMILES string of the molecule is CCC(C)(C)N(C(=O)C(CC(C)C)NC(=O)OC(C)(C)C)C(C(=O)NCC(=O)OC)c1ccc(C)c(C)c1. The molecule has 0 radical (unpaired) electrons. The number of nitrogens with one attached hydrogen (secondary N) is 2. The van der Waals surface area contributed by atoms with Gasteiger partial charge in [0.2, 0.25) is 11.8 Å². The quantitative estimate of drug-likeness (QED) is 0.402. The van der Waals surface area contributed by atoms with E-state index in [2.05, 4.69) is 15.4 Å². The first kappa shape index (κ1) is 32.9. The molecule has 2 unspecified atom stereocenters. The van der Waals surface area contributed by atoms with Crippen molar-refractivity contribution < 1.29 is 28.7 Å². The van der Waals surface area contributed by atoms with Gasteiger partial charge in [0.05, 0.1) is 7.11 Å². The molecule has 1 rings (SSSR count). The standard InChI is InChI=1S/C29H47N3O6/c1-12-29(9,10)32(26(35)22(15-18(2)3)31-27(36)38-28(6,7)8)24(25(34)30-17-23(33)37-11)21-14-13-19(4)20(5)16-21/h13-14,16,18,22,24H,12,15,17H2,1-11H3,(H,30,34)(H,31,36). The monoisotopic (exact) mass is 533 g/mol. The van der Waals surface area contributed by atoms with Gasteiger partial charge in [-0.1, -0.05) is 39.0 Å². The van der Waals surface area contributed by atoms with Gasteiger partial charge in [-0.2, -0.15) is 0 Å². The van der Waals surface area contributed by atoms with Gasteiger partial charge in [-0.05, 0) is 83.9 Å². The molecule has 0 fully saturated rings. The lowest BCUT2D eigenvalue weighted by Crippen LogP contribution is -2.59. The van der Waals surface area contributed by atoms with Crippen LogP contribution in [0, 0.1) is 19.8 Å². The lowest BCUT2D eigenvalue weighted by Gasteiger charge is -2.45. The number of alkyl carbamates (subject to hydrolysis) is 1. The third-order valence-electron chi connectivity index (χ3n) is 6.44. The molecule has 9 heteroatoms. The first-order chi connectivity index (χ1) is 17.4. The van der Waals surface area contributed by atoms with Crippen LogP contribution in [0.15, 0.2) is 18.2 Å². The Morgan fingerprint density at radius 3 is 2.08 bits per heavy atom. The molecule has 0 saturated carbocycles. The van der Waals surface area contributed by atoms with E-state index >= 15 is 0 Å². The predicted octanol–water partition coefficient (Wildman–Crippen LogP) is 4.59. The average molecular weight is 534 g/mol. The number of amides is 3. The number of methoxy groups -OCH3 is 1. The average Bonchev–Trinajstić information content (AvgIpc) is 2.80. The molecule has 0 aliphatic rings. The molecule has 38 heavy (non-hydrogen) atoms. The fourth-order valence-electron chi connectivity index (χ4n) is 3.94. The Bertz CT molecular complexity index is 997. The number of rotatable bonds is 11. The minimum absolute atomic E-state index is 0.0682. The molecule has 0 spiro atoms. The van der Waals surface area contributed by atoms with Crippen molar-refractivity contribution in [2.75, 3.05) is 13.7 Å². The van der Waals surface area contributed by atoms with Gasteiger partial charge < -0.3 is 25.0 Å². The van der Waals surface area contributed by atoms with Gasteiger partial charge in [0.25, 0.3) is 0 Å². The topological polar surface area (TPSA) is 114 Å². The highest BCUT2D eigenvalue weighted by Gasteiger charge is 2.43. The van der Waals surface area contributed by atoms with Crippen LogP contribution in [0.4, 0.5) is 4.79 Å². The fourth-order valence-corrected chi connectivity index (χ4v) is 3.94. The van der Waals surface area contributed by atoms with Crippen molar-refractivity contribution in [1.82, 2.24) is 15.5 Å². The van der Waals surface area contributed by atoms with Crippen LogP contribution in [0.1, 0.15) is 91.0 Å². The van der Waals surface area contributed by atoms with E-state index in [0.29, 0.717) is 18.4 Å². The molecule has 0 aliphatic carbocycles. The van der Waals surface area contributed by atoms with E-state index in [9.17, 15) is 19.2 Å². The third-order valence-corrected chi connectivity index (χ3v) is 6.44. The Labute approximate surface area is 228 Å². The summed E-state index contributed by atoms with van der Waals surface area (Å²) >= 11 is 0. The van der Waals surface area contributed by atoms with Gasteiger partial charge in [-0.15, -0.1) is 0 Å². The van der Waals surface area contributed by atoms with Crippen molar-refractivity contribution in [3.05, 3.63) is 34.9 Å². The zero-order valence-electron chi connectivity index (χ0n) is 25.0. The van der Waals surface area contributed by atoms with Gasteiger partial charge in [0.1, 0.15) is 24.2 Å². The van der Waals surface area contributed by atoms with E-state index in [-0.39, 0.29) is 12.5 Å². The number of nitrogens with zero attached hydrogens (tertiary/aromatic N) is 1. The van der Waals surface area contributed by atoms with Crippen molar-refractivity contribution in [3.8, 4) is 0 Å². The van der Waals surface area contributed by atoms with Crippen molar-refractivity contribution in [2.45, 2.75) is 105 Å². The molecule has 2 N–H and O–H groups in total. The van der Waals surface area contributed by atoms with Crippen molar-refractivity contribution in [3.63, 3.8) is 0 Å². The number of carbonyl (C=O) groups excluding carboxylic acids is 4. The number of hydrogen-bond donors (Lipinski definition) is 2. The molecule has 0 saturated heterocycles. The summed E-state index contributed by atoms with van der Waals surface area (Å²) in [6.45, 7) is 18.4. The van der Waals surface area contributed by atoms with Crippen LogP contribution in [0.25, 0.3) is 0 Å². The van der Waals surface area contributed by atoms with Gasteiger partial charge in [-0.3, -0.25) is 14.4 Å². The first-order valence-corrected chi connectivity index (χ1v) is 13.2. The van der Waals surface area contributed by atoms with Crippen molar-refractivity contribution >= 4 is 23.9 Å². The highest BCUT2D eigenvalue weighted by molar-refractivity contribution is 5.93. The molecule has 0 heterocycles. The number of aryl methyl sites for hydroxylation is 2. The Hall–Kier alpha value is -3.10. The normalized spacial score (nSPS) is 13.4. The van der Waals surface area contributed by atoms with Crippen LogP contribution in [-0.2, 0) is 23.9 Å². The number of hydrogen-bond acceptors (Lipinski definition) is 6. The second kappa shape index (κ2) is 13.6. The minimum Gasteiger partial charge on any atom is -0.468 e. The van der Waals surface area contributed by atoms with Gasteiger partial charge >= 0.3 is 12.1 Å². The second-order valence-electron chi connectivity index (χ2n) is 11.7. The lowest BCUT2D eigenvalue weighted by atomic mass is 9.90. The van der Waals surface area contributed by atoms with E-state index in [1.165, 1.54) is 12.0 Å². The van der Waals surface area contributed by atoms with Gasteiger partial charge in [0.15, 0.2) is 0 Å². The smallest absolute Gasteiger partial charge is 0.408 e. The Morgan fingerprint density at radius 1 is 1.00 bits per heavy atom. The summed E-state index contributed by atoms with van der Waals surface area (Å²) in [6.07, 6.45) is 0.173. The minimum atomic E-state index is -1.06. The lowest BCUT2D eigenvalue weighted by molar-refractivity contribution is -0.150. The van der Waals surface area contributed by atoms with Crippen LogP contribution >= 0.6 is 0 Å². The maximum absolute atomic E-state index is 14.3. The van der Waals surface area contributed by atoms with Crippen LogP contribution in [0.5, 0.6) is 0 Å². The van der Waals surface area contributed by atoms with Crippen molar-refractivity contribution in [1.29, 1.82) is 0 Å². The summed E-state index contributed by atoms with van der Waals surface area (Å²) < 4.78 is 10.1. The Kier molecular flexibility index (Phi) is 11.8. The maximum Gasteiger partial charge on any atom is 0.408 e. The van der Waals surface area contributed by atoms with Gasteiger partial charge in [-0.25, -0.2) is 4.79 Å². The molecule has 1 aromatic rings. The highest BCUT2D eigenvalue weighted by atomic mass is 16.6. The largest absolute Gasteiger partial charge is 0.468 e. The molecule has 3 amide bonds. The molecular weight excluding hydrogens is 486 g/mol. The van der Waals surface area contributed by atoms with E-state index in [1.54, 1.807) is 20.8 Å². The van der Waals surface area contributed by atoms with Crippen molar-refractivity contribution in [2.24, 2.45) is 5.92 Å². The van der Waals surface area contributed by atoms with E-state index in [0.717, 1.165) is 11.1 Å². The number of ether oxygens (including phenoxy) is 2. The predicted molar refractivity (Wildman–Crippen MR) is 148 cm³/mol. The summed E-state index contributed by atoms with van der Waals surface area (Å²) in [4.78, 5) is 54.1. The number of esters is 1. The second-order valence-corrected chi connectivity index (χ2v) is 11.7. The summed E-state index contributed by atoms with van der Waals surface area (Å²) in [5.74, 6) is -1.46. The zero-order chi connectivity index (χ0) is 29.4. The molecule has 0 aliphatic heterocycles. The number of carbonyl (C=O) groups is 4. The maximum atomic E-state index is 14.3. The molecule has 0 bridgehead atoms. The summed E-state index contributed by atoms with van der Waals surface area (Å²) in [6, 6.07) is 3.60. The molecule has 214 valence electrons. The van der Waals surface area contributed by atoms with Gasteiger partial charge in [0, 0.05) is 5.54 Å². The molecule has 2 atom stereocenters. The Balaban J connectivity index is 3.68. The molecule has 0 aromatic heterocycles. The highest BCUT2D eigenvalue weighted by Crippen LogP contribution is 2.33. The van der Waals surface area contributed by atoms with Crippen LogP contribution in [0.2, 0.25) is 0 Å². The molecule has 1 aromatic carbocycles. The third kappa shape index (κ3) is 9.65. The molecular formula is C29H47N3O6. The molecule has 9 nitrogen and oxygen atoms in total. The summed E-state index contributed by atoms with van der Waals surface area (Å²) in [5.41, 5.74) is 1.08. The van der Waals surface area contributed by atoms with E-state index < -0.39 is 47.1 Å². The number of benzene rings is 1. The summed E-state index contributed by atoms with van der Waals surface area (Å²) in [5, 5.41) is 5.38. The zero-order valence-corrected chi connectivity index (χ0v) is 25.0. The van der Waals surface area contributed by atoms with Crippen LogP contribution in [0.3, 0.4) is 0 Å². The van der Waals surface area contributed by atoms with Crippen LogP contribution < -0.4 is 10.6 Å².